The van der Waals surface area contributed by atoms with Crippen molar-refractivity contribution < 1.29 is 4.79 Å². The lowest BCUT2D eigenvalue weighted by molar-refractivity contribution is -0.129. The highest BCUT2D eigenvalue weighted by atomic mass is 35.5. The van der Waals surface area contributed by atoms with Crippen molar-refractivity contribution in [2.45, 2.75) is 31.6 Å². The molecule has 1 amide bonds. The molecule has 22 heavy (non-hydrogen) atoms. The molecule has 3 nitrogen and oxygen atoms in total. The Morgan fingerprint density at radius 2 is 2.14 bits per heavy atom. The molecule has 2 rings (SSSR count). The quantitative estimate of drug-likeness (QED) is 0.805. The summed E-state index contributed by atoms with van der Waals surface area (Å²) in [7, 11) is 1.98. The first-order valence-corrected chi connectivity index (χ1v) is 8.71. The first-order valence-electron chi connectivity index (χ1n) is 7.72. The number of carbonyl (C=O) groups excluding carboxylic acids is 1. The van der Waals surface area contributed by atoms with E-state index in [4.69, 9.17) is 0 Å². The van der Waals surface area contributed by atoms with Crippen molar-refractivity contribution >= 4 is 30.1 Å². The SMILES string of the molecule is CNCC1CCN(C(=O)CCSc2ccc(C)c(C)c2)C1.Cl. The Morgan fingerprint density at radius 3 is 2.82 bits per heavy atom. The minimum Gasteiger partial charge on any atom is -0.342 e. The van der Waals surface area contributed by atoms with Crippen molar-refractivity contribution in [3.8, 4) is 0 Å². The molecule has 1 aliphatic heterocycles. The molecule has 1 atom stereocenters. The molecule has 5 heteroatoms. The van der Waals surface area contributed by atoms with Crippen molar-refractivity contribution in [2.75, 3.05) is 32.4 Å². The van der Waals surface area contributed by atoms with Gasteiger partial charge >= 0.3 is 0 Å². The zero-order valence-electron chi connectivity index (χ0n) is 13.7. The molecule has 0 saturated carbocycles. The number of nitrogens with zero attached hydrogens (tertiary/aromatic N) is 1. The number of halogens is 1. The monoisotopic (exact) mass is 342 g/mol. The van der Waals surface area contributed by atoms with Gasteiger partial charge in [-0.1, -0.05) is 6.07 Å². The minimum absolute atomic E-state index is 0. The molecule has 0 radical (unpaired) electrons. The minimum atomic E-state index is 0. The number of nitrogens with one attached hydrogen (secondary N) is 1. The smallest absolute Gasteiger partial charge is 0.223 e. The Bertz CT molecular complexity index is 496. The fraction of sp³-hybridized carbons (Fsp3) is 0.588. The van der Waals surface area contributed by atoms with Gasteiger partial charge < -0.3 is 10.2 Å². The Kier molecular flexibility index (Phi) is 8.29. The molecule has 0 bridgehead atoms. The highest BCUT2D eigenvalue weighted by Gasteiger charge is 2.25. The second-order valence-corrected chi connectivity index (χ2v) is 7.06. The molecule has 124 valence electrons. The van der Waals surface area contributed by atoms with Crippen LogP contribution in [-0.2, 0) is 4.79 Å². The fourth-order valence-electron chi connectivity index (χ4n) is 2.73. The van der Waals surface area contributed by atoms with Gasteiger partial charge in [-0.25, -0.2) is 0 Å². The first-order chi connectivity index (χ1) is 10.1. The van der Waals surface area contributed by atoms with E-state index in [0.717, 1.165) is 31.8 Å². The van der Waals surface area contributed by atoms with Gasteiger partial charge in [-0.05, 0) is 63.0 Å². The third-order valence-electron chi connectivity index (χ3n) is 4.19. The number of benzene rings is 1. The largest absolute Gasteiger partial charge is 0.342 e. The number of rotatable bonds is 6. The van der Waals surface area contributed by atoms with Crippen molar-refractivity contribution in [1.82, 2.24) is 10.2 Å². The van der Waals surface area contributed by atoms with E-state index in [1.165, 1.54) is 16.0 Å². The maximum atomic E-state index is 12.2. The topological polar surface area (TPSA) is 32.3 Å². The molecular formula is C17H27ClN2OS. The number of carbonyl (C=O) groups is 1. The number of amides is 1. The van der Waals surface area contributed by atoms with Crippen LogP contribution in [0, 0.1) is 19.8 Å². The Morgan fingerprint density at radius 1 is 1.36 bits per heavy atom. The van der Waals surface area contributed by atoms with Gasteiger partial charge in [-0.15, -0.1) is 24.2 Å². The number of aryl methyl sites for hydroxylation is 2. The first kappa shape index (κ1) is 19.3. The standard InChI is InChI=1S/C17H26N2OS.ClH/c1-13-4-5-16(10-14(13)2)21-9-7-17(20)19-8-6-15(12-19)11-18-3;/h4-5,10,15,18H,6-9,11-12H2,1-3H3;1H. The summed E-state index contributed by atoms with van der Waals surface area (Å²) in [6, 6.07) is 6.52. The summed E-state index contributed by atoms with van der Waals surface area (Å²) in [6.07, 6.45) is 1.78. The summed E-state index contributed by atoms with van der Waals surface area (Å²) in [5.74, 6) is 1.81. The maximum Gasteiger partial charge on any atom is 0.223 e. The highest BCUT2D eigenvalue weighted by molar-refractivity contribution is 7.99. The second kappa shape index (κ2) is 9.43. The van der Waals surface area contributed by atoms with E-state index in [0.29, 0.717) is 18.2 Å². The Balaban J connectivity index is 0.00000242. The Hall–Kier alpha value is -0.710. The zero-order valence-corrected chi connectivity index (χ0v) is 15.4. The lowest BCUT2D eigenvalue weighted by Gasteiger charge is -2.16. The normalized spacial score (nSPS) is 17.4. The average Bonchev–Trinajstić information content (AvgIpc) is 2.92. The average molecular weight is 343 g/mol. The predicted octanol–water partition coefficient (Wildman–Crippen LogP) is 3.28. The van der Waals surface area contributed by atoms with Crippen LogP contribution in [-0.4, -0.2) is 43.2 Å². The van der Waals surface area contributed by atoms with Crippen LogP contribution in [0.4, 0.5) is 0 Å². The van der Waals surface area contributed by atoms with Crippen LogP contribution in [0.2, 0.25) is 0 Å². The van der Waals surface area contributed by atoms with Gasteiger partial charge in [0.1, 0.15) is 0 Å². The molecule has 1 heterocycles. The van der Waals surface area contributed by atoms with E-state index in [1.807, 2.05) is 11.9 Å². The molecule has 1 aromatic carbocycles. The predicted molar refractivity (Wildman–Crippen MR) is 97.1 cm³/mol. The summed E-state index contributed by atoms with van der Waals surface area (Å²) in [6.45, 7) is 7.13. The molecule has 1 fully saturated rings. The van der Waals surface area contributed by atoms with Gasteiger partial charge in [0.25, 0.3) is 0 Å². The van der Waals surface area contributed by atoms with E-state index in [-0.39, 0.29) is 12.4 Å². The summed E-state index contributed by atoms with van der Waals surface area (Å²) in [5, 5.41) is 3.20. The summed E-state index contributed by atoms with van der Waals surface area (Å²) >= 11 is 1.78. The molecule has 1 aliphatic rings. The van der Waals surface area contributed by atoms with Crippen LogP contribution < -0.4 is 5.32 Å². The van der Waals surface area contributed by atoms with Crippen molar-refractivity contribution in [1.29, 1.82) is 0 Å². The van der Waals surface area contributed by atoms with E-state index in [1.54, 1.807) is 11.8 Å². The number of thioether (sulfide) groups is 1. The van der Waals surface area contributed by atoms with E-state index in [2.05, 4.69) is 37.4 Å². The molecule has 1 aromatic rings. The van der Waals surface area contributed by atoms with Crippen LogP contribution >= 0.6 is 24.2 Å². The van der Waals surface area contributed by atoms with Gasteiger partial charge in [0.05, 0.1) is 0 Å². The van der Waals surface area contributed by atoms with Gasteiger partial charge in [0.15, 0.2) is 0 Å². The third kappa shape index (κ3) is 5.49. The fourth-order valence-corrected chi connectivity index (χ4v) is 3.67. The highest BCUT2D eigenvalue weighted by Crippen LogP contribution is 2.23. The van der Waals surface area contributed by atoms with E-state index < -0.39 is 0 Å². The lowest BCUT2D eigenvalue weighted by atomic mass is 10.1. The lowest BCUT2D eigenvalue weighted by Crippen LogP contribution is -2.30. The summed E-state index contributed by atoms with van der Waals surface area (Å²) in [4.78, 5) is 15.5. The molecule has 0 spiro atoms. The maximum absolute atomic E-state index is 12.2. The number of hydrogen-bond acceptors (Lipinski definition) is 3. The van der Waals surface area contributed by atoms with Crippen molar-refractivity contribution in [3.05, 3.63) is 29.3 Å². The van der Waals surface area contributed by atoms with Gasteiger partial charge in [0.2, 0.25) is 5.91 Å². The van der Waals surface area contributed by atoms with Crippen LogP contribution in [0.15, 0.2) is 23.1 Å². The molecule has 0 aliphatic carbocycles. The zero-order chi connectivity index (χ0) is 15.2. The van der Waals surface area contributed by atoms with Crippen LogP contribution in [0.5, 0.6) is 0 Å². The number of hydrogen-bond donors (Lipinski definition) is 1. The molecular weight excluding hydrogens is 316 g/mol. The molecule has 1 N–H and O–H groups in total. The van der Waals surface area contributed by atoms with Crippen molar-refractivity contribution in [2.24, 2.45) is 5.92 Å². The van der Waals surface area contributed by atoms with Gasteiger partial charge in [-0.2, -0.15) is 0 Å². The number of likely N-dealkylation sites (tertiary alicyclic amines) is 1. The summed E-state index contributed by atoms with van der Waals surface area (Å²) in [5.41, 5.74) is 2.64. The second-order valence-electron chi connectivity index (χ2n) is 5.90. The van der Waals surface area contributed by atoms with Crippen LogP contribution in [0.3, 0.4) is 0 Å². The van der Waals surface area contributed by atoms with E-state index in [9.17, 15) is 4.79 Å². The molecule has 1 unspecified atom stereocenters. The Labute approximate surface area is 144 Å². The third-order valence-corrected chi connectivity index (χ3v) is 5.19. The van der Waals surface area contributed by atoms with Gasteiger partial charge in [0, 0.05) is 30.2 Å². The molecule has 0 aromatic heterocycles. The summed E-state index contributed by atoms with van der Waals surface area (Å²) < 4.78 is 0. The van der Waals surface area contributed by atoms with Crippen LogP contribution in [0.25, 0.3) is 0 Å². The van der Waals surface area contributed by atoms with Gasteiger partial charge in [-0.3, -0.25) is 4.79 Å². The van der Waals surface area contributed by atoms with E-state index >= 15 is 0 Å². The molecule has 1 saturated heterocycles. The van der Waals surface area contributed by atoms with Crippen molar-refractivity contribution in [3.63, 3.8) is 0 Å². The van der Waals surface area contributed by atoms with Crippen LogP contribution in [0.1, 0.15) is 24.0 Å².